The molecule has 138 valence electrons. The van der Waals surface area contributed by atoms with Gasteiger partial charge in [-0.1, -0.05) is 59.1 Å². The van der Waals surface area contributed by atoms with Crippen LogP contribution < -0.4 is 0 Å². The minimum absolute atomic E-state index is 0.741. The molecule has 0 amide bonds. The molecule has 0 saturated heterocycles. The topological polar surface area (TPSA) is 0 Å². The Balaban J connectivity index is 1.48. The first-order chi connectivity index (χ1) is 11.6. The van der Waals surface area contributed by atoms with E-state index >= 15 is 0 Å². The van der Waals surface area contributed by atoms with Crippen molar-refractivity contribution in [1.29, 1.82) is 0 Å². The van der Waals surface area contributed by atoms with Gasteiger partial charge in [0.2, 0.25) is 0 Å². The molecule has 0 nitrogen and oxygen atoms in total. The molecule has 0 heteroatoms. The van der Waals surface area contributed by atoms with Gasteiger partial charge in [0.1, 0.15) is 0 Å². The minimum Gasteiger partial charge on any atom is -0.0849 e. The summed E-state index contributed by atoms with van der Waals surface area (Å²) in [6.07, 6.45) is 21.5. The molecule has 3 aliphatic carbocycles. The normalized spacial score (nSPS) is 43.6. The quantitative estimate of drug-likeness (QED) is 0.421. The first-order valence-corrected chi connectivity index (χ1v) is 11.3. The molecule has 0 aliphatic heterocycles. The van der Waals surface area contributed by atoms with E-state index in [2.05, 4.69) is 39.8 Å². The molecule has 2 fully saturated rings. The Morgan fingerprint density at radius 1 is 0.917 bits per heavy atom. The van der Waals surface area contributed by atoms with Gasteiger partial charge in [-0.15, -0.1) is 0 Å². The first-order valence-electron chi connectivity index (χ1n) is 11.3. The predicted molar refractivity (Wildman–Crippen MR) is 106 cm³/mol. The smallest absolute Gasteiger partial charge is 0.0199 e. The van der Waals surface area contributed by atoms with Crippen LogP contribution in [0.25, 0.3) is 0 Å². The Bertz CT molecular complexity index is 414. The highest BCUT2D eigenvalue weighted by Crippen LogP contribution is 2.63. The SMILES string of the molecule is CCCC1(CC)CC1C1C=CC(C2CCC(C(C)CC)CC2)CC1. The van der Waals surface area contributed by atoms with Crippen molar-refractivity contribution in [2.75, 3.05) is 0 Å². The Kier molecular flexibility index (Phi) is 6.15. The van der Waals surface area contributed by atoms with Crippen LogP contribution in [0.15, 0.2) is 12.2 Å². The van der Waals surface area contributed by atoms with Gasteiger partial charge in [0.05, 0.1) is 0 Å². The van der Waals surface area contributed by atoms with Gasteiger partial charge in [-0.05, 0) is 92.3 Å². The molecule has 2 saturated carbocycles. The van der Waals surface area contributed by atoms with Crippen LogP contribution in [-0.4, -0.2) is 0 Å². The Morgan fingerprint density at radius 3 is 2.12 bits per heavy atom. The molecule has 0 N–H and O–H groups in total. The summed E-state index contributed by atoms with van der Waals surface area (Å²) in [5, 5.41) is 0. The zero-order valence-corrected chi connectivity index (χ0v) is 16.9. The van der Waals surface area contributed by atoms with Crippen molar-refractivity contribution in [3.05, 3.63) is 12.2 Å². The van der Waals surface area contributed by atoms with Crippen LogP contribution in [0.5, 0.6) is 0 Å². The summed E-state index contributed by atoms with van der Waals surface area (Å²) in [6, 6.07) is 0. The third-order valence-electron chi connectivity index (χ3n) is 8.53. The first kappa shape index (κ1) is 18.5. The van der Waals surface area contributed by atoms with Crippen molar-refractivity contribution in [3.63, 3.8) is 0 Å². The molecule has 0 bridgehead atoms. The van der Waals surface area contributed by atoms with E-state index in [9.17, 15) is 0 Å². The number of hydrogen-bond donors (Lipinski definition) is 0. The van der Waals surface area contributed by atoms with Crippen molar-refractivity contribution in [3.8, 4) is 0 Å². The highest BCUT2D eigenvalue weighted by Gasteiger charge is 2.54. The van der Waals surface area contributed by atoms with E-state index in [1.807, 2.05) is 0 Å². The van der Waals surface area contributed by atoms with E-state index in [1.54, 1.807) is 0 Å². The van der Waals surface area contributed by atoms with E-state index in [1.165, 1.54) is 70.6 Å². The molecule has 0 aromatic rings. The highest BCUT2D eigenvalue weighted by molar-refractivity contribution is 5.12. The Hall–Kier alpha value is -0.260. The van der Waals surface area contributed by atoms with Crippen LogP contribution >= 0.6 is 0 Å². The van der Waals surface area contributed by atoms with E-state index in [-0.39, 0.29) is 0 Å². The summed E-state index contributed by atoms with van der Waals surface area (Å²) in [6.45, 7) is 9.64. The molecule has 0 aromatic carbocycles. The predicted octanol–water partition coefficient (Wildman–Crippen LogP) is 7.64. The summed E-state index contributed by atoms with van der Waals surface area (Å²) >= 11 is 0. The second kappa shape index (κ2) is 7.96. The summed E-state index contributed by atoms with van der Waals surface area (Å²) in [5.41, 5.74) is 0.741. The van der Waals surface area contributed by atoms with Crippen molar-refractivity contribution < 1.29 is 0 Å². The molecular formula is C24H42. The van der Waals surface area contributed by atoms with Crippen molar-refractivity contribution in [2.45, 2.75) is 98.3 Å². The fourth-order valence-corrected chi connectivity index (χ4v) is 6.42. The molecule has 0 aromatic heterocycles. The monoisotopic (exact) mass is 330 g/mol. The maximum Gasteiger partial charge on any atom is -0.0199 e. The van der Waals surface area contributed by atoms with Gasteiger partial charge in [0.15, 0.2) is 0 Å². The average Bonchev–Trinajstić information content (AvgIpc) is 3.36. The molecule has 3 aliphatic rings. The minimum atomic E-state index is 0.741. The van der Waals surface area contributed by atoms with Crippen molar-refractivity contribution in [1.82, 2.24) is 0 Å². The molecule has 0 spiro atoms. The lowest BCUT2D eigenvalue weighted by Crippen LogP contribution is -2.26. The summed E-state index contributed by atoms with van der Waals surface area (Å²) in [5.74, 6) is 5.85. The van der Waals surface area contributed by atoms with Gasteiger partial charge >= 0.3 is 0 Å². The van der Waals surface area contributed by atoms with Crippen LogP contribution in [0, 0.1) is 40.9 Å². The largest absolute Gasteiger partial charge is 0.0849 e. The molecular weight excluding hydrogens is 288 g/mol. The van der Waals surface area contributed by atoms with Crippen LogP contribution in [0.4, 0.5) is 0 Å². The Morgan fingerprint density at radius 2 is 1.58 bits per heavy atom. The number of rotatable bonds is 7. The Labute approximate surface area is 151 Å². The maximum atomic E-state index is 2.67. The standard InChI is InChI=1S/C24H42/c1-5-16-24(7-3)17-23(24)22-14-12-21(13-15-22)20-10-8-19(9-11-20)18(4)6-2/h12,14,18-23H,5-11,13,15-17H2,1-4H3. The van der Waals surface area contributed by atoms with E-state index in [0.29, 0.717) is 0 Å². The number of hydrogen-bond acceptors (Lipinski definition) is 0. The zero-order chi connectivity index (χ0) is 17.2. The van der Waals surface area contributed by atoms with Crippen molar-refractivity contribution >= 4 is 0 Å². The molecule has 24 heavy (non-hydrogen) atoms. The fraction of sp³-hybridized carbons (Fsp3) is 0.917. The molecule has 0 heterocycles. The van der Waals surface area contributed by atoms with Crippen LogP contribution in [0.3, 0.4) is 0 Å². The number of allylic oxidation sites excluding steroid dienone is 2. The summed E-state index contributed by atoms with van der Waals surface area (Å²) < 4.78 is 0. The van der Waals surface area contributed by atoms with Gasteiger partial charge in [0.25, 0.3) is 0 Å². The highest BCUT2D eigenvalue weighted by atomic mass is 14.6. The van der Waals surface area contributed by atoms with Gasteiger partial charge in [-0.3, -0.25) is 0 Å². The van der Waals surface area contributed by atoms with Crippen LogP contribution in [-0.2, 0) is 0 Å². The fourth-order valence-electron chi connectivity index (χ4n) is 6.42. The average molecular weight is 331 g/mol. The van der Waals surface area contributed by atoms with Crippen molar-refractivity contribution in [2.24, 2.45) is 40.9 Å². The van der Waals surface area contributed by atoms with E-state index in [0.717, 1.165) is 40.9 Å². The lowest BCUT2D eigenvalue weighted by atomic mass is 9.69. The summed E-state index contributed by atoms with van der Waals surface area (Å²) in [4.78, 5) is 0. The van der Waals surface area contributed by atoms with Crippen LogP contribution in [0.2, 0.25) is 0 Å². The lowest BCUT2D eigenvalue weighted by molar-refractivity contribution is 0.171. The maximum absolute atomic E-state index is 2.67. The lowest BCUT2D eigenvalue weighted by Gasteiger charge is -2.37. The van der Waals surface area contributed by atoms with E-state index in [4.69, 9.17) is 0 Å². The van der Waals surface area contributed by atoms with E-state index < -0.39 is 0 Å². The molecule has 0 radical (unpaired) electrons. The summed E-state index contributed by atoms with van der Waals surface area (Å²) in [7, 11) is 0. The third-order valence-corrected chi connectivity index (χ3v) is 8.53. The van der Waals surface area contributed by atoms with Gasteiger partial charge < -0.3 is 0 Å². The second-order valence-corrected chi connectivity index (χ2v) is 9.63. The van der Waals surface area contributed by atoms with Crippen LogP contribution in [0.1, 0.15) is 98.3 Å². The molecule has 3 rings (SSSR count). The second-order valence-electron chi connectivity index (χ2n) is 9.63. The van der Waals surface area contributed by atoms with Gasteiger partial charge in [-0.25, -0.2) is 0 Å². The zero-order valence-electron chi connectivity index (χ0n) is 16.9. The molecule has 5 atom stereocenters. The van der Waals surface area contributed by atoms with Gasteiger partial charge in [-0.2, -0.15) is 0 Å². The molecule has 5 unspecified atom stereocenters. The third kappa shape index (κ3) is 3.78. The van der Waals surface area contributed by atoms with Gasteiger partial charge in [0, 0.05) is 0 Å².